The second-order valence-corrected chi connectivity index (χ2v) is 27.8. The first-order valence-electron chi connectivity index (χ1n) is 32.7. The van der Waals surface area contributed by atoms with E-state index in [9.17, 15) is 33.9 Å². The number of carbonyl (C=O) groups is 11. The van der Waals surface area contributed by atoms with Gasteiger partial charge in [0.25, 0.3) is 5.91 Å². The van der Waals surface area contributed by atoms with E-state index in [1.165, 1.54) is 87.7 Å². The molecular weight excluding hydrogens is 1170 g/mol. The number of amides is 11. The third-order valence-corrected chi connectivity index (χ3v) is 17.0. The predicted octanol–water partition coefficient (Wildman–Crippen LogP) is 3.17. The minimum absolute atomic E-state index is 0.0422. The standard InChI is InChI=1S/C66H120N12O13/c1-27-29-30-43(15)54(79)53-58(83)69-46(28-2)60(85)78(26)66(91-32-31-71(18)19)65(90)73(21)48(34-38(5)6)57(82)70-51(41(11)12)63(88)72(20)47(33-37(3)4)56(81)67-44(16)55(80)68-45(17)59(84)74(22)49(35-39(7)8)61(86)75(23)50(36-40(9)10)62(87)76(24)52(42(13)14)64(89)77(53)25/h27,29,37-54,66,79H,28,30-36H2,1-26H3,(H,67,81)(H,68,80)(H,69,83)(H,70,82)/b29-27+/t43-,44+,45-,46-,47+,48+,49+,50+,51+,52+,53+,54-,66-/m1/s1. The van der Waals surface area contributed by atoms with Crippen molar-refractivity contribution in [3.63, 3.8) is 0 Å². The number of hydrogen-bond acceptors (Lipinski definition) is 14. The summed E-state index contributed by atoms with van der Waals surface area (Å²) in [7, 11) is 13.4. The summed E-state index contributed by atoms with van der Waals surface area (Å²) in [6, 6.07) is -12.8. The summed E-state index contributed by atoms with van der Waals surface area (Å²) in [4.78, 5) is 173. The largest absolute Gasteiger partial charge is 0.390 e. The van der Waals surface area contributed by atoms with Crippen molar-refractivity contribution in [2.24, 2.45) is 41.4 Å². The van der Waals surface area contributed by atoms with E-state index in [1.807, 2.05) is 55.4 Å². The van der Waals surface area contributed by atoms with Crippen molar-refractivity contribution in [1.82, 2.24) is 60.5 Å². The van der Waals surface area contributed by atoms with Crippen LogP contribution < -0.4 is 21.3 Å². The monoisotopic (exact) mass is 1290 g/mol. The van der Waals surface area contributed by atoms with Gasteiger partial charge in [0.15, 0.2) is 0 Å². The molecule has 0 saturated carbocycles. The van der Waals surface area contributed by atoms with Crippen molar-refractivity contribution in [2.45, 2.75) is 229 Å². The molecule has 0 aromatic rings. The average Bonchev–Trinajstić information content (AvgIpc) is 0.906. The quantitative estimate of drug-likeness (QED) is 0.116. The van der Waals surface area contributed by atoms with E-state index in [4.69, 9.17) is 4.74 Å². The summed E-state index contributed by atoms with van der Waals surface area (Å²) >= 11 is 0. The molecule has 0 aromatic carbocycles. The van der Waals surface area contributed by atoms with Crippen molar-refractivity contribution < 1.29 is 62.6 Å². The van der Waals surface area contributed by atoms with E-state index < -0.39 is 155 Å². The van der Waals surface area contributed by atoms with Gasteiger partial charge >= 0.3 is 0 Å². The Labute approximate surface area is 545 Å². The molecule has 1 rings (SSSR count). The molecule has 0 radical (unpaired) electrons. The molecule has 1 saturated heterocycles. The van der Waals surface area contributed by atoms with E-state index in [0.717, 1.165) is 9.80 Å². The van der Waals surface area contributed by atoms with Crippen LogP contribution in [0.3, 0.4) is 0 Å². The molecule has 25 nitrogen and oxygen atoms in total. The molecule has 25 heteroatoms. The molecule has 1 heterocycles. The molecule has 0 bridgehead atoms. The Kier molecular flexibility index (Phi) is 34.7. The van der Waals surface area contributed by atoms with Crippen LogP contribution in [-0.2, 0) is 57.5 Å². The van der Waals surface area contributed by atoms with Gasteiger partial charge < -0.3 is 70.3 Å². The highest BCUT2D eigenvalue weighted by Crippen LogP contribution is 2.26. The van der Waals surface area contributed by atoms with Crippen LogP contribution in [0.15, 0.2) is 12.2 Å². The number of aliphatic hydroxyl groups excluding tert-OH is 1. The molecule has 1 aliphatic heterocycles. The van der Waals surface area contributed by atoms with Gasteiger partial charge in [-0.2, -0.15) is 0 Å². The molecule has 0 unspecified atom stereocenters. The van der Waals surface area contributed by atoms with Gasteiger partial charge in [-0.1, -0.05) is 109 Å². The third-order valence-electron chi connectivity index (χ3n) is 17.0. The summed E-state index contributed by atoms with van der Waals surface area (Å²) in [6.07, 6.45) is 1.13. The van der Waals surface area contributed by atoms with Gasteiger partial charge in [-0.25, -0.2) is 0 Å². The number of aliphatic hydroxyl groups is 1. The molecule has 0 spiro atoms. The molecule has 11 amide bonds. The van der Waals surface area contributed by atoms with Gasteiger partial charge in [-0.3, -0.25) is 52.7 Å². The first-order chi connectivity index (χ1) is 42.0. The van der Waals surface area contributed by atoms with Gasteiger partial charge in [-0.15, -0.1) is 0 Å². The highest BCUT2D eigenvalue weighted by molar-refractivity contribution is 6.00. The van der Waals surface area contributed by atoms with Crippen molar-refractivity contribution in [3.8, 4) is 0 Å². The van der Waals surface area contributed by atoms with Gasteiger partial charge in [0.2, 0.25) is 65.3 Å². The fraction of sp³-hybridized carbons (Fsp3) is 0.803. The lowest BCUT2D eigenvalue weighted by molar-refractivity contribution is -0.168. The number of nitrogens with one attached hydrogen (secondary N) is 4. The van der Waals surface area contributed by atoms with Crippen LogP contribution >= 0.6 is 0 Å². The second kappa shape index (κ2) is 38.1. The molecule has 5 N–H and O–H groups in total. The zero-order chi connectivity index (χ0) is 70.5. The first-order valence-corrected chi connectivity index (χ1v) is 32.7. The van der Waals surface area contributed by atoms with E-state index in [-0.39, 0.29) is 68.8 Å². The van der Waals surface area contributed by atoms with Gasteiger partial charge in [-0.05, 0) is 115 Å². The van der Waals surface area contributed by atoms with E-state index in [0.29, 0.717) is 6.54 Å². The maximum absolute atomic E-state index is 15.3. The summed E-state index contributed by atoms with van der Waals surface area (Å²) < 4.78 is 6.24. The number of hydrogen-bond donors (Lipinski definition) is 5. The van der Waals surface area contributed by atoms with E-state index in [1.54, 1.807) is 79.6 Å². The number of carbonyl (C=O) groups excluding carboxylic acids is 11. The summed E-state index contributed by atoms with van der Waals surface area (Å²) in [5.74, 6) is -10.4. The average molecular weight is 1290 g/mol. The SMILES string of the molecule is C/C=C/C[C@@H](C)[C@@H](O)[C@H]1C(=O)N[C@H](CC)C(=O)N(C)[C@H](OCCN(C)C)C(=O)N(C)[C@@H](CC(C)C)C(=O)N[C@@H](C(C)C)C(=O)N(C)[C@@H](CC(C)C)C(=O)N[C@@H](C)C(=O)N[C@H](C)C(=O)N(C)[C@@H](CC(C)C)C(=O)N(C)[C@@H](CC(C)C)C(=O)N(C)[C@@H](C(C)C)C(=O)N1C. The molecule has 91 heavy (non-hydrogen) atoms. The van der Waals surface area contributed by atoms with E-state index in [2.05, 4.69) is 21.3 Å². The lowest BCUT2D eigenvalue weighted by Crippen LogP contribution is -2.64. The minimum atomic E-state index is -1.68. The molecule has 0 aromatic heterocycles. The Hall–Kier alpha value is -6.21. The van der Waals surface area contributed by atoms with E-state index >= 15 is 24.0 Å². The molecule has 1 fully saturated rings. The summed E-state index contributed by atoms with van der Waals surface area (Å²) in [5, 5.41) is 23.3. The maximum atomic E-state index is 15.3. The predicted molar refractivity (Wildman–Crippen MR) is 352 cm³/mol. The van der Waals surface area contributed by atoms with Gasteiger partial charge in [0.05, 0.1) is 12.7 Å². The molecule has 13 atom stereocenters. The van der Waals surface area contributed by atoms with Crippen molar-refractivity contribution in [3.05, 3.63) is 12.2 Å². The smallest absolute Gasteiger partial charge is 0.273 e. The lowest BCUT2D eigenvalue weighted by Gasteiger charge is -2.41. The second-order valence-electron chi connectivity index (χ2n) is 27.8. The van der Waals surface area contributed by atoms with Crippen molar-refractivity contribution in [1.29, 1.82) is 0 Å². The van der Waals surface area contributed by atoms with Crippen molar-refractivity contribution >= 4 is 65.0 Å². The Morgan fingerprint density at radius 2 is 0.890 bits per heavy atom. The molecule has 522 valence electrons. The highest BCUT2D eigenvalue weighted by Gasteiger charge is 2.46. The zero-order valence-electron chi connectivity index (χ0n) is 60.2. The highest BCUT2D eigenvalue weighted by atomic mass is 16.5. The first kappa shape index (κ1) is 82.8. The molecule has 0 aliphatic carbocycles. The summed E-state index contributed by atoms with van der Waals surface area (Å²) in [5.41, 5.74) is 0. The molecular formula is C66H120N12O13. The molecule has 1 aliphatic rings. The van der Waals surface area contributed by atoms with Crippen LogP contribution in [-0.4, -0.2) is 259 Å². The van der Waals surface area contributed by atoms with Crippen LogP contribution in [0, 0.1) is 41.4 Å². The fourth-order valence-electron chi connectivity index (χ4n) is 11.2. The maximum Gasteiger partial charge on any atom is 0.273 e. The van der Waals surface area contributed by atoms with Gasteiger partial charge in [0.1, 0.15) is 60.4 Å². The lowest BCUT2D eigenvalue weighted by atomic mass is 9.91. The number of ether oxygens (including phenoxy) is 1. The Morgan fingerprint density at radius 3 is 1.33 bits per heavy atom. The normalized spacial score (nSPS) is 26.8. The van der Waals surface area contributed by atoms with Crippen molar-refractivity contribution in [2.75, 3.05) is 76.6 Å². The number of likely N-dealkylation sites (N-methyl/N-ethyl adjacent to an activating group) is 8. The Morgan fingerprint density at radius 1 is 0.473 bits per heavy atom. The van der Waals surface area contributed by atoms with Crippen LogP contribution in [0.2, 0.25) is 0 Å². The van der Waals surface area contributed by atoms with Gasteiger partial charge in [0, 0.05) is 55.9 Å². The number of rotatable bonds is 19. The fourth-order valence-corrected chi connectivity index (χ4v) is 11.2. The van der Waals surface area contributed by atoms with Crippen LogP contribution in [0.25, 0.3) is 0 Å². The zero-order valence-corrected chi connectivity index (χ0v) is 60.2. The van der Waals surface area contributed by atoms with Crippen LogP contribution in [0.1, 0.15) is 156 Å². The Bertz CT molecular complexity index is 2470. The minimum Gasteiger partial charge on any atom is -0.390 e. The summed E-state index contributed by atoms with van der Waals surface area (Å²) in [6.45, 7) is 30.0. The van der Waals surface area contributed by atoms with Crippen LogP contribution in [0.4, 0.5) is 0 Å². The third kappa shape index (κ3) is 23.7. The number of allylic oxidation sites excluding steroid dienone is 2. The Balaban J connectivity index is 4.52. The number of nitrogens with zero attached hydrogens (tertiary/aromatic N) is 8. The topological polar surface area (TPSA) is 291 Å². The van der Waals surface area contributed by atoms with Crippen LogP contribution in [0.5, 0.6) is 0 Å².